The molecule has 0 spiro atoms. The van der Waals surface area contributed by atoms with E-state index in [1.165, 1.54) is 0 Å². The lowest BCUT2D eigenvalue weighted by Gasteiger charge is -2.33. The molecule has 3 heterocycles. The summed E-state index contributed by atoms with van der Waals surface area (Å²) in [5.74, 6) is -0.861. The number of carbonyl (C=O) groups excluding carboxylic acids is 2. The van der Waals surface area contributed by atoms with Crippen molar-refractivity contribution in [1.82, 2.24) is 14.1 Å². The Bertz CT molecular complexity index is 1320. The van der Waals surface area contributed by atoms with Gasteiger partial charge in [0.05, 0.1) is 17.4 Å². The minimum absolute atomic E-state index is 0.0352. The maximum absolute atomic E-state index is 13.3. The van der Waals surface area contributed by atoms with Crippen LogP contribution in [0.3, 0.4) is 0 Å². The third kappa shape index (κ3) is 8.71. The molecule has 4 rings (SSSR count). The van der Waals surface area contributed by atoms with Gasteiger partial charge in [0.1, 0.15) is 12.2 Å². The minimum Gasteiger partial charge on any atom is -0.457 e. The molecule has 0 unspecified atom stereocenters. The minimum atomic E-state index is -3.62. The molecule has 11 heteroatoms. The molecule has 1 amide bonds. The molecule has 2 fully saturated rings. The van der Waals surface area contributed by atoms with E-state index in [1.54, 1.807) is 27.4 Å². The van der Waals surface area contributed by atoms with Crippen LogP contribution in [0.15, 0.2) is 46.9 Å². The largest absolute Gasteiger partial charge is 0.457 e. The Kier molecular flexibility index (Phi) is 11.7. The van der Waals surface area contributed by atoms with Crippen LogP contribution in [-0.4, -0.2) is 104 Å². The first-order valence-electron chi connectivity index (χ1n) is 15.8. The number of hydrogen-bond donors (Lipinski definition) is 1. The van der Waals surface area contributed by atoms with Crippen LogP contribution < -0.4 is 0 Å². The highest BCUT2D eigenvalue weighted by Crippen LogP contribution is 2.29. The maximum Gasteiger partial charge on any atom is 0.410 e. The van der Waals surface area contributed by atoms with E-state index in [-0.39, 0.29) is 35.3 Å². The summed E-state index contributed by atoms with van der Waals surface area (Å²) in [5.41, 5.74) is 1.41. The van der Waals surface area contributed by atoms with Crippen LogP contribution in [0.4, 0.5) is 4.79 Å². The smallest absolute Gasteiger partial charge is 0.410 e. The molecule has 44 heavy (non-hydrogen) atoms. The highest BCUT2D eigenvalue weighted by atomic mass is 32.2. The Labute approximate surface area is 262 Å². The number of aliphatic hydroxyl groups excluding tert-OH is 1. The summed E-state index contributed by atoms with van der Waals surface area (Å²) in [5, 5.41) is 10.6. The van der Waals surface area contributed by atoms with Crippen LogP contribution in [0.2, 0.25) is 0 Å². The topological polar surface area (TPSA) is 117 Å². The Hall–Kier alpha value is -2.73. The number of amides is 1. The molecule has 0 radical (unpaired) electrons. The first-order chi connectivity index (χ1) is 20.8. The standard InChI is InChI=1S/C33H49N3O7S/c1-23-11-13-28(37)22-31(38)43-32(24(2)12-14-30(23)42-33(39)35-18-16-34(5)17-19-35)25(3)20-27-9-6-10-29(21-27)44(40,41)36-15-7-8-26(36)4/h6,9-10,12,14,20-21,23-24,26,28,30,32,37H,7-8,11,13,15-19,22H2,1-5H3/b14-12-,25-20+/t23-,24-,26+,28+,30-,32-/m0/s1. The van der Waals surface area contributed by atoms with Gasteiger partial charge in [-0.2, -0.15) is 4.31 Å². The number of cyclic esters (lactones) is 1. The fourth-order valence-electron chi connectivity index (χ4n) is 6.14. The first-order valence-corrected chi connectivity index (χ1v) is 17.3. The molecule has 6 atom stereocenters. The van der Waals surface area contributed by atoms with Gasteiger partial charge >= 0.3 is 12.1 Å². The zero-order valence-electron chi connectivity index (χ0n) is 26.7. The normalized spacial score (nSPS) is 31.1. The number of aliphatic hydroxyl groups is 1. The van der Waals surface area contributed by atoms with Crippen molar-refractivity contribution in [3.8, 4) is 0 Å². The van der Waals surface area contributed by atoms with Crippen LogP contribution in [0.5, 0.6) is 0 Å². The number of carbonyl (C=O) groups is 2. The Morgan fingerprint density at radius 2 is 1.77 bits per heavy atom. The lowest BCUT2D eigenvalue weighted by molar-refractivity contribution is -0.151. The predicted octanol–water partition coefficient (Wildman–Crippen LogP) is 4.30. The van der Waals surface area contributed by atoms with Crippen LogP contribution >= 0.6 is 0 Å². The summed E-state index contributed by atoms with van der Waals surface area (Å²) < 4.78 is 40.1. The number of piperazine rings is 1. The van der Waals surface area contributed by atoms with Crippen molar-refractivity contribution in [2.45, 2.75) is 89.0 Å². The fourth-order valence-corrected chi connectivity index (χ4v) is 7.89. The van der Waals surface area contributed by atoms with Crippen LogP contribution in [0.1, 0.15) is 65.4 Å². The van der Waals surface area contributed by atoms with E-state index in [0.717, 1.165) is 31.5 Å². The molecule has 1 aromatic rings. The lowest BCUT2D eigenvalue weighted by Crippen LogP contribution is -2.48. The molecule has 0 aliphatic carbocycles. The molecule has 10 nitrogen and oxygen atoms in total. The quantitative estimate of drug-likeness (QED) is 0.378. The molecule has 244 valence electrons. The van der Waals surface area contributed by atoms with Crippen molar-refractivity contribution in [3.63, 3.8) is 0 Å². The van der Waals surface area contributed by atoms with Crippen LogP contribution in [0.25, 0.3) is 6.08 Å². The van der Waals surface area contributed by atoms with E-state index in [1.807, 2.05) is 59.0 Å². The highest BCUT2D eigenvalue weighted by Gasteiger charge is 2.33. The summed E-state index contributed by atoms with van der Waals surface area (Å²) in [7, 11) is -1.60. The van der Waals surface area contributed by atoms with Crippen molar-refractivity contribution >= 4 is 28.2 Å². The van der Waals surface area contributed by atoms with E-state index < -0.39 is 34.3 Å². The van der Waals surface area contributed by atoms with Gasteiger partial charge in [0.25, 0.3) is 0 Å². The van der Waals surface area contributed by atoms with Crippen molar-refractivity contribution in [2.24, 2.45) is 11.8 Å². The number of ether oxygens (including phenoxy) is 2. The van der Waals surface area contributed by atoms with Gasteiger partial charge in [-0.1, -0.05) is 38.1 Å². The number of hydrogen-bond acceptors (Lipinski definition) is 8. The number of rotatable bonds is 5. The average molecular weight is 632 g/mol. The Morgan fingerprint density at radius 1 is 1.05 bits per heavy atom. The van der Waals surface area contributed by atoms with Crippen molar-refractivity contribution in [1.29, 1.82) is 0 Å². The third-order valence-corrected chi connectivity index (χ3v) is 11.1. The lowest BCUT2D eigenvalue weighted by atomic mass is 9.91. The van der Waals surface area contributed by atoms with Gasteiger partial charge in [-0.15, -0.1) is 0 Å². The summed E-state index contributed by atoms with van der Waals surface area (Å²) in [4.78, 5) is 30.0. The molecule has 1 aromatic carbocycles. The fraction of sp³-hybridized carbons (Fsp3) is 0.636. The third-order valence-electron chi connectivity index (χ3n) is 9.06. The molecule has 3 aliphatic heterocycles. The first kappa shape index (κ1) is 34.1. The van der Waals surface area contributed by atoms with Gasteiger partial charge in [0.2, 0.25) is 10.0 Å². The van der Waals surface area contributed by atoms with Gasteiger partial charge in [0.15, 0.2) is 0 Å². The molecule has 0 bridgehead atoms. The molecule has 2 saturated heterocycles. The summed E-state index contributed by atoms with van der Waals surface area (Å²) >= 11 is 0. The van der Waals surface area contributed by atoms with E-state index in [4.69, 9.17) is 9.47 Å². The van der Waals surface area contributed by atoms with Gasteiger partial charge in [-0.05, 0) is 81.8 Å². The second kappa shape index (κ2) is 15.0. The zero-order chi connectivity index (χ0) is 32.0. The van der Waals surface area contributed by atoms with E-state index in [9.17, 15) is 23.1 Å². The SMILES string of the molecule is C/C(=C\c1cccc(S(=O)(=O)N2CCC[C@H]2C)c1)[C@H]1OC(=O)C[C@H](O)CC[C@H](C)[C@@H](OC(=O)N2CCN(C)CC2)/C=C\[C@@H]1C. The summed E-state index contributed by atoms with van der Waals surface area (Å²) in [6.45, 7) is 11.0. The molecular formula is C33H49N3O7S. The second-order valence-electron chi connectivity index (χ2n) is 12.8. The number of esters is 1. The van der Waals surface area contributed by atoms with E-state index >= 15 is 0 Å². The number of sulfonamides is 1. The van der Waals surface area contributed by atoms with E-state index in [2.05, 4.69) is 4.90 Å². The number of likely N-dealkylation sites (N-methyl/N-ethyl adjacent to an activating group) is 1. The van der Waals surface area contributed by atoms with Crippen molar-refractivity contribution in [3.05, 3.63) is 47.6 Å². The summed E-state index contributed by atoms with van der Waals surface area (Å²) in [6.07, 6.45) is 5.72. The number of benzene rings is 1. The summed E-state index contributed by atoms with van der Waals surface area (Å²) in [6, 6.07) is 6.78. The van der Waals surface area contributed by atoms with Crippen LogP contribution in [0, 0.1) is 11.8 Å². The van der Waals surface area contributed by atoms with Gasteiger partial charge in [-0.25, -0.2) is 13.2 Å². The average Bonchev–Trinajstić information content (AvgIpc) is 3.43. The molecule has 0 saturated carbocycles. The van der Waals surface area contributed by atoms with Crippen LogP contribution in [-0.2, 0) is 24.3 Å². The van der Waals surface area contributed by atoms with E-state index in [0.29, 0.717) is 38.0 Å². The molecule has 1 N–H and O–H groups in total. The van der Waals surface area contributed by atoms with Gasteiger partial charge < -0.3 is 24.4 Å². The number of nitrogens with zero attached hydrogens (tertiary/aromatic N) is 3. The van der Waals surface area contributed by atoms with Crippen molar-refractivity contribution in [2.75, 3.05) is 39.8 Å². The predicted molar refractivity (Wildman–Crippen MR) is 169 cm³/mol. The Morgan fingerprint density at radius 3 is 2.45 bits per heavy atom. The monoisotopic (exact) mass is 631 g/mol. The van der Waals surface area contributed by atoms with Gasteiger partial charge in [-0.3, -0.25) is 4.79 Å². The maximum atomic E-state index is 13.3. The zero-order valence-corrected chi connectivity index (χ0v) is 27.5. The van der Waals surface area contributed by atoms with Gasteiger partial charge in [0, 0.05) is 44.7 Å². The molecule has 3 aliphatic rings. The second-order valence-corrected chi connectivity index (χ2v) is 14.7. The molecular weight excluding hydrogens is 582 g/mol. The van der Waals surface area contributed by atoms with Crippen molar-refractivity contribution < 1.29 is 32.6 Å². The Balaban J connectivity index is 1.57. The highest BCUT2D eigenvalue weighted by molar-refractivity contribution is 7.89. The molecule has 0 aromatic heterocycles.